The fourth-order valence-electron chi connectivity index (χ4n) is 3.78. The first-order chi connectivity index (χ1) is 13.8. The zero-order valence-electron chi connectivity index (χ0n) is 15.2. The average molecular weight is 373 g/mol. The van der Waals surface area contributed by atoms with Gasteiger partial charge in [0.1, 0.15) is 11.5 Å². The van der Waals surface area contributed by atoms with Gasteiger partial charge in [-0.2, -0.15) is 5.10 Å². The molecule has 8 heteroatoms. The molecule has 0 radical (unpaired) electrons. The minimum atomic E-state index is -0.137. The largest absolute Gasteiger partial charge is 0.358 e. The van der Waals surface area contributed by atoms with Gasteiger partial charge in [-0.25, -0.2) is 9.97 Å². The number of nitrogens with zero attached hydrogens (tertiary/aromatic N) is 4. The Hall–Kier alpha value is -3.55. The SMILES string of the molecule is O=C(NCc1nc(-c2cnccn2)n[nH]1)c1cccc2c3c([nH]c12)CCCC3. The topological polar surface area (TPSA) is 112 Å². The lowest BCUT2D eigenvalue weighted by atomic mass is 9.95. The Morgan fingerprint density at radius 1 is 1.18 bits per heavy atom. The number of aryl methyl sites for hydroxylation is 2. The molecule has 8 nitrogen and oxygen atoms in total. The van der Waals surface area contributed by atoms with Crippen molar-refractivity contribution in [3.8, 4) is 11.5 Å². The molecule has 0 atom stereocenters. The van der Waals surface area contributed by atoms with Gasteiger partial charge in [0.2, 0.25) is 5.82 Å². The molecule has 4 aromatic rings. The number of carbonyl (C=O) groups excluding carboxylic acids is 1. The van der Waals surface area contributed by atoms with E-state index in [9.17, 15) is 4.79 Å². The average Bonchev–Trinajstić information content (AvgIpc) is 3.37. The van der Waals surface area contributed by atoms with Gasteiger partial charge in [0.25, 0.3) is 5.91 Å². The van der Waals surface area contributed by atoms with Crippen LogP contribution in [0, 0.1) is 0 Å². The molecule has 3 heterocycles. The summed E-state index contributed by atoms with van der Waals surface area (Å²) in [6.45, 7) is 0.253. The molecular weight excluding hydrogens is 354 g/mol. The van der Waals surface area contributed by atoms with Gasteiger partial charge < -0.3 is 10.3 Å². The predicted octanol–water partition coefficient (Wildman–Crippen LogP) is 2.55. The minimum absolute atomic E-state index is 0.137. The van der Waals surface area contributed by atoms with Crippen molar-refractivity contribution >= 4 is 16.8 Å². The quantitative estimate of drug-likeness (QED) is 0.509. The van der Waals surface area contributed by atoms with Crippen molar-refractivity contribution in [2.45, 2.75) is 32.2 Å². The van der Waals surface area contributed by atoms with Crippen LogP contribution in [-0.2, 0) is 19.4 Å². The van der Waals surface area contributed by atoms with Gasteiger partial charge in [0.15, 0.2) is 0 Å². The number of amides is 1. The first-order valence-electron chi connectivity index (χ1n) is 9.38. The fourth-order valence-corrected chi connectivity index (χ4v) is 3.78. The van der Waals surface area contributed by atoms with E-state index in [-0.39, 0.29) is 12.5 Å². The molecule has 5 rings (SSSR count). The van der Waals surface area contributed by atoms with Gasteiger partial charge in [0, 0.05) is 23.5 Å². The maximum Gasteiger partial charge on any atom is 0.253 e. The van der Waals surface area contributed by atoms with Gasteiger partial charge in [0.05, 0.1) is 23.8 Å². The van der Waals surface area contributed by atoms with Crippen LogP contribution in [0.1, 0.15) is 40.3 Å². The van der Waals surface area contributed by atoms with E-state index in [1.54, 1.807) is 18.6 Å². The summed E-state index contributed by atoms with van der Waals surface area (Å²) in [6, 6.07) is 5.89. The summed E-state index contributed by atoms with van der Waals surface area (Å²) in [5.74, 6) is 0.880. The summed E-state index contributed by atoms with van der Waals surface area (Å²) in [5.41, 5.74) is 4.79. The Morgan fingerprint density at radius 2 is 2.11 bits per heavy atom. The van der Waals surface area contributed by atoms with Crippen molar-refractivity contribution in [3.05, 3.63) is 59.4 Å². The number of carbonyl (C=O) groups is 1. The highest BCUT2D eigenvalue weighted by Gasteiger charge is 2.19. The van der Waals surface area contributed by atoms with E-state index < -0.39 is 0 Å². The monoisotopic (exact) mass is 373 g/mol. The summed E-state index contributed by atoms with van der Waals surface area (Å²) >= 11 is 0. The van der Waals surface area contributed by atoms with E-state index in [1.807, 2.05) is 12.1 Å². The van der Waals surface area contributed by atoms with Crippen LogP contribution in [-0.4, -0.2) is 36.0 Å². The number of H-pyrrole nitrogens is 2. The van der Waals surface area contributed by atoms with Crippen molar-refractivity contribution in [1.82, 2.24) is 35.5 Å². The summed E-state index contributed by atoms with van der Waals surface area (Å²) < 4.78 is 0. The normalized spacial score (nSPS) is 13.4. The molecule has 140 valence electrons. The molecule has 3 aromatic heterocycles. The van der Waals surface area contributed by atoms with Crippen LogP contribution in [0.4, 0.5) is 0 Å². The van der Waals surface area contributed by atoms with Crippen LogP contribution in [0.25, 0.3) is 22.4 Å². The van der Waals surface area contributed by atoms with Crippen LogP contribution >= 0.6 is 0 Å². The maximum atomic E-state index is 12.8. The first kappa shape index (κ1) is 16.6. The van der Waals surface area contributed by atoms with Crippen molar-refractivity contribution < 1.29 is 4.79 Å². The molecule has 0 aliphatic heterocycles. The van der Waals surface area contributed by atoms with E-state index >= 15 is 0 Å². The summed E-state index contributed by atoms with van der Waals surface area (Å²) in [6.07, 6.45) is 9.30. The Balaban J connectivity index is 1.35. The van der Waals surface area contributed by atoms with Gasteiger partial charge in [-0.3, -0.25) is 14.9 Å². The lowest BCUT2D eigenvalue weighted by Gasteiger charge is -2.10. The van der Waals surface area contributed by atoms with Crippen molar-refractivity contribution in [2.24, 2.45) is 0 Å². The second kappa shape index (κ2) is 6.88. The van der Waals surface area contributed by atoms with Crippen molar-refractivity contribution in [3.63, 3.8) is 0 Å². The third-order valence-electron chi connectivity index (χ3n) is 5.12. The van der Waals surface area contributed by atoms with E-state index in [0.717, 1.165) is 23.7 Å². The van der Waals surface area contributed by atoms with Crippen LogP contribution in [0.3, 0.4) is 0 Å². The molecule has 0 spiro atoms. The molecule has 3 N–H and O–H groups in total. The lowest BCUT2D eigenvalue weighted by molar-refractivity contribution is 0.0951. The van der Waals surface area contributed by atoms with Crippen molar-refractivity contribution in [1.29, 1.82) is 0 Å². The van der Waals surface area contributed by atoms with Crippen LogP contribution < -0.4 is 5.32 Å². The number of benzene rings is 1. The van der Waals surface area contributed by atoms with Gasteiger partial charge >= 0.3 is 0 Å². The van der Waals surface area contributed by atoms with Crippen molar-refractivity contribution in [2.75, 3.05) is 0 Å². The lowest BCUT2D eigenvalue weighted by Crippen LogP contribution is -2.23. The molecule has 0 bridgehead atoms. The number of hydrogen-bond donors (Lipinski definition) is 3. The number of aromatic nitrogens is 6. The van der Waals surface area contributed by atoms with Gasteiger partial charge in [-0.15, -0.1) is 0 Å². The van der Waals surface area contributed by atoms with E-state index in [2.05, 4.69) is 41.5 Å². The Kier molecular flexibility index (Phi) is 4.08. The highest BCUT2D eigenvalue weighted by molar-refractivity contribution is 6.06. The number of rotatable bonds is 4. The number of fused-ring (bicyclic) bond motifs is 3. The van der Waals surface area contributed by atoms with Gasteiger partial charge in [-0.1, -0.05) is 12.1 Å². The third-order valence-corrected chi connectivity index (χ3v) is 5.12. The maximum absolute atomic E-state index is 12.8. The Morgan fingerprint density at radius 3 is 3.00 bits per heavy atom. The van der Waals surface area contributed by atoms with Crippen LogP contribution in [0.5, 0.6) is 0 Å². The Labute approximate surface area is 160 Å². The summed E-state index contributed by atoms with van der Waals surface area (Å²) in [7, 11) is 0. The van der Waals surface area contributed by atoms with E-state index in [1.165, 1.54) is 24.1 Å². The fraction of sp³-hybridized carbons (Fsp3) is 0.250. The number of hydrogen-bond acceptors (Lipinski definition) is 5. The third kappa shape index (κ3) is 2.92. The predicted molar refractivity (Wildman–Crippen MR) is 104 cm³/mol. The number of nitrogens with one attached hydrogen (secondary N) is 3. The van der Waals surface area contributed by atoms with Crippen LogP contribution in [0.15, 0.2) is 36.8 Å². The molecule has 1 aliphatic rings. The second-order valence-electron chi connectivity index (χ2n) is 6.90. The zero-order chi connectivity index (χ0) is 18.9. The van der Waals surface area contributed by atoms with E-state index in [4.69, 9.17) is 0 Å². The number of para-hydroxylation sites is 1. The Bertz CT molecular complexity index is 1150. The first-order valence-corrected chi connectivity index (χ1v) is 9.38. The molecule has 28 heavy (non-hydrogen) atoms. The summed E-state index contributed by atoms with van der Waals surface area (Å²) in [5, 5.41) is 11.1. The zero-order valence-corrected chi connectivity index (χ0v) is 15.2. The standard InChI is InChI=1S/C20H19N7O/c28-20(23-11-17-25-19(27-26-17)16-10-21-8-9-22-16)14-6-3-5-13-12-4-1-2-7-15(12)24-18(13)14/h3,5-6,8-10,24H,1-2,4,7,11H2,(H,23,28)(H,25,26,27). The minimum Gasteiger partial charge on any atom is -0.358 e. The summed E-state index contributed by atoms with van der Waals surface area (Å²) in [4.78, 5) is 28.8. The molecular formula is C20H19N7O. The second-order valence-corrected chi connectivity index (χ2v) is 6.90. The van der Waals surface area contributed by atoms with E-state index in [0.29, 0.717) is 22.9 Å². The molecule has 0 fully saturated rings. The number of aromatic amines is 2. The highest BCUT2D eigenvalue weighted by atomic mass is 16.1. The molecule has 0 unspecified atom stereocenters. The van der Waals surface area contributed by atoms with Gasteiger partial charge in [-0.05, 0) is 37.3 Å². The highest BCUT2D eigenvalue weighted by Crippen LogP contribution is 2.30. The smallest absolute Gasteiger partial charge is 0.253 e. The molecule has 1 amide bonds. The van der Waals surface area contributed by atoms with Crippen LogP contribution in [0.2, 0.25) is 0 Å². The molecule has 0 saturated heterocycles. The molecule has 0 saturated carbocycles. The molecule has 1 aliphatic carbocycles. The molecule has 1 aromatic carbocycles.